The molecular formula is C14H18ClNO5S. The van der Waals surface area contributed by atoms with Gasteiger partial charge in [-0.1, -0.05) is 18.5 Å². The molecule has 22 heavy (non-hydrogen) atoms. The Morgan fingerprint density at radius 1 is 1.41 bits per heavy atom. The first-order valence-corrected chi connectivity index (χ1v) is 8.57. The fourth-order valence-corrected chi connectivity index (χ4v) is 4.75. The van der Waals surface area contributed by atoms with E-state index in [0.717, 1.165) is 0 Å². The van der Waals surface area contributed by atoms with Crippen LogP contribution >= 0.6 is 11.6 Å². The Morgan fingerprint density at radius 2 is 2.05 bits per heavy atom. The lowest BCUT2D eigenvalue weighted by atomic mass is 9.99. The number of hydrogen-bond acceptors (Lipinski definition) is 4. The van der Waals surface area contributed by atoms with Gasteiger partial charge in [-0.3, -0.25) is 4.79 Å². The summed E-state index contributed by atoms with van der Waals surface area (Å²) < 4.78 is 31.8. The van der Waals surface area contributed by atoms with E-state index in [9.17, 15) is 13.2 Å². The number of aliphatic carboxylic acids is 1. The zero-order valence-electron chi connectivity index (χ0n) is 12.5. The smallest absolute Gasteiger partial charge is 0.308 e. The number of rotatable bonds is 4. The van der Waals surface area contributed by atoms with Gasteiger partial charge >= 0.3 is 5.97 Å². The molecule has 1 heterocycles. The lowest BCUT2D eigenvalue weighted by Gasteiger charge is -2.18. The van der Waals surface area contributed by atoms with Gasteiger partial charge in [0.15, 0.2) is 0 Å². The van der Waals surface area contributed by atoms with Gasteiger partial charge in [0.05, 0.1) is 22.9 Å². The Balaban J connectivity index is 2.40. The molecule has 1 aliphatic heterocycles. The quantitative estimate of drug-likeness (QED) is 0.900. The largest absolute Gasteiger partial charge is 0.495 e. The summed E-state index contributed by atoms with van der Waals surface area (Å²) in [7, 11) is -2.33. The molecule has 122 valence electrons. The van der Waals surface area contributed by atoms with Crippen LogP contribution < -0.4 is 4.74 Å². The molecule has 1 N–H and O–H groups in total. The molecule has 0 amide bonds. The van der Waals surface area contributed by atoms with Gasteiger partial charge in [-0.15, -0.1) is 0 Å². The van der Waals surface area contributed by atoms with E-state index in [-0.39, 0.29) is 28.9 Å². The van der Waals surface area contributed by atoms with Crippen LogP contribution in [0.15, 0.2) is 17.0 Å². The normalized spacial score (nSPS) is 22.7. The highest BCUT2D eigenvalue weighted by atomic mass is 35.5. The molecule has 0 saturated carbocycles. The van der Waals surface area contributed by atoms with E-state index >= 15 is 0 Å². The van der Waals surface area contributed by atoms with Crippen LogP contribution in [0.4, 0.5) is 0 Å². The average Bonchev–Trinajstić information content (AvgIpc) is 2.83. The first kappa shape index (κ1) is 17.1. The standard InChI is InChI=1S/C14H18ClNO5S/c1-8-4-12(21-3)11(15)5-13(8)22(19,20)16-6-9(2)10(7-16)14(17)18/h4-5,9-10H,6-7H2,1-3H3,(H,17,18)/t9-,10-/m1/s1. The van der Waals surface area contributed by atoms with Crippen molar-refractivity contribution in [3.05, 3.63) is 22.7 Å². The number of nitrogens with zero attached hydrogens (tertiary/aromatic N) is 1. The van der Waals surface area contributed by atoms with Gasteiger partial charge in [0.2, 0.25) is 10.0 Å². The average molecular weight is 348 g/mol. The van der Waals surface area contributed by atoms with Gasteiger partial charge in [0.1, 0.15) is 5.75 Å². The molecule has 1 aliphatic rings. The third-order valence-corrected chi connectivity index (χ3v) is 6.23. The first-order chi connectivity index (χ1) is 10.2. The molecule has 0 spiro atoms. The fraction of sp³-hybridized carbons (Fsp3) is 0.500. The van der Waals surface area contributed by atoms with Gasteiger partial charge in [-0.25, -0.2) is 8.42 Å². The van der Waals surface area contributed by atoms with Gasteiger partial charge in [0, 0.05) is 13.1 Å². The zero-order chi connectivity index (χ0) is 16.7. The molecule has 8 heteroatoms. The molecular weight excluding hydrogens is 330 g/mol. The van der Waals surface area contributed by atoms with E-state index in [1.165, 1.54) is 17.5 Å². The maximum absolute atomic E-state index is 12.8. The molecule has 2 atom stereocenters. The van der Waals surface area contributed by atoms with E-state index in [1.54, 1.807) is 19.9 Å². The van der Waals surface area contributed by atoms with Crippen molar-refractivity contribution in [1.29, 1.82) is 0 Å². The molecule has 0 unspecified atom stereocenters. The third kappa shape index (κ3) is 2.93. The Hall–Kier alpha value is -1.31. The summed E-state index contributed by atoms with van der Waals surface area (Å²) in [6, 6.07) is 2.91. The minimum atomic E-state index is -3.79. The minimum Gasteiger partial charge on any atom is -0.495 e. The maximum Gasteiger partial charge on any atom is 0.308 e. The summed E-state index contributed by atoms with van der Waals surface area (Å²) in [5, 5.41) is 9.35. The van der Waals surface area contributed by atoms with Crippen LogP contribution in [0.2, 0.25) is 5.02 Å². The van der Waals surface area contributed by atoms with Crippen LogP contribution in [0.25, 0.3) is 0 Å². The molecule has 0 bridgehead atoms. The maximum atomic E-state index is 12.8. The van der Waals surface area contributed by atoms with Crippen LogP contribution in [-0.4, -0.2) is 44.0 Å². The number of ether oxygens (including phenoxy) is 1. The number of carbonyl (C=O) groups is 1. The summed E-state index contributed by atoms with van der Waals surface area (Å²) in [6.45, 7) is 3.55. The second-order valence-corrected chi connectivity index (χ2v) is 7.81. The molecule has 0 aliphatic carbocycles. The number of aryl methyl sites for hydroxylation is 1. The number of methoxy groups -OCH3 is 1. The number of sulfonamides is 1. The molecule has 0 aromatic heterocycles. The van der Waals surface area contributed by atoms with Crippen molar-refractivity contribution in [1.82, 2.24) is 4.31 Å². The Kier molecular flexibility index (Phi) is 4.70. The number of carboxylic acid groups (broad SMARTS) is 1. The minimum absolute atomic E-state index is 0.0259. The number of hydrogen-bond donors (Lipinski definition) is 1. The van der Waals surface area contributed by atoms with Crippen molar-refractivity contribution < 1.29 is 23.1 Å². The topological polar surface area (TPSA) is 83.9 Å². The second kappa shape index (κ2) is 6.06. The Labute approximate surface area is 134 Å². The number of carboxylic acids is 1. The Morgan fingerprint density at radius 3 is 2.55 bits per heavy atom. The van der Waals surface area contributed by atoms with Gasteiger partial charge in [-0.2, -0.15) is 4.31 Å². The molecule has 0 radical (unpaired) electrons. The fourth-order valence-electron chi connectivity index (χ4n) is 2.65. The van der Waals surface area contributed by atoms with E-state index in [2.05, 4.69) is 0 Å². The highest BCUT2D eigenvalue weighted by Crippen LogP contribution is 2.34. The third-order valence-electron chi connectivity index (χ3n) is 3.96. The molecule has 1 aromatic carbocycles. The Bertz CT molecular complexity index is 703. The summed E-state index contributed by atoms with van der Waals surface area (Å²) in [4.78, 5) is 11.2. The molecule has 2 rings (SSSR count). The van der Waals surface area contributed by atoms with Gasteiger partial charge in [0.25, 0.3) is 0 Å². The van der Waals surface area contributed by atoms with Crippen molar-refractivity contribution in [2.24, 2.45) is 11.8 Å². The van der Waals surface area contributed by atoms with Crippen molar-refractivity contribution in [3.8, 4) is 5.75 Å². The van der Waals surface area contributed by atoms with Crippen molar-refractivity contribution >= 4 is 27.6 Å². The molecule has 1 fully saturated rings. The van der Waals surface area contributed by atoms with Crippen LogP contribution in [0.3, 0.4) is 0 Å². The molecule has 6 nitrogen and oxygen atoms in total. The first-order valence-electron chi connectivity index (χ1n) is 6.75. The van der Waals surface area contributed by atoms with E-state index < -0.39 is 21.9 Å². The van der Waals surface area contributed by atoms with Gasteiger partial charge < -0.3 is 9.84 Å². The van der Waals surface area contributed by atoms with E-state index in [1.807, 2.05) is 0 Å². The lowest BCUT2D eigenvalue weighted by molar-refractivity contribution is -0.142. The predicted octanol–water partition coefficient (Wildman–Crippen LogP) is 2.00. The van der Waals surface area contributed by atoms with Crippen molar-refractivity contribution in [3.63, 3.8) is 0 Å². The second-order valence-electron chi connectivity index (χ2n) is 5.50. The van der Waals surface area contributed by atoms with Crippen molar-refractivity contribution in [2.45, 2.75) is 18.7 Å². The van der Waals surface area contributed by atoms with E-state index in [0.29, 0.717) is 11.3 Å². The van der Waals surface area contributed by atoms with Crippen LogP contribution in [0.5, 0.6) is 5.75 Å². The lowest BCUT2D eigenvalue weighted by Crippen LogP contribution is -2.30. The SMILES string of the molecule is COc1cc(C)c(S(=O)(=O)N2C[C@@H](C)[C@H](C(=O)O)C2)cc1Cl. The molecule has 1 saturated heterocycles. The van der Waals surface area contributed by atoms with Crippen LogP contribution in [0.1, 0.15) is 12.5 Å². The molecule has 1 aromatic rings. The summed E-state index contributed by atoms with van der Waals surface area (Å²) in [6.07, 6.45) is 0. The number of halogens is 1. The highest BCUT2D eigenvalue weighted by Gasteiger charge is 2.41. The zero-order valence-corrected chi connectivity index (χ0v) is 14.1. The van der Waals surface area contributed by atoms with Crippen LogP contribution in [0, 0.1) is 18.8 Å². The summed E-state index contributed by atoms with van der Waals surface area (Å²) in [5.41, 5.74) is 0.507. The van der Waals surface area contributed by atoms with Crippen LogP contribution in [-0.2, 0) is 14.8 Å². The summed E-state index contributed by atoms with van der Waals surface area (Å²) in [5.74, 6) is -1.50. The number of benzene rings is 1. The predicted molar refractivity (Wildman–Crippen MR) is 81.8 cm³/mol. The van der Waals surface area contributed by atoms with Gasteiger partial charge in [-0.05, 0) is 30.5 Å². The van der Waals surface area contributed by atoms with Crippen molar-refractivity contribution in [2.75, 3.05) is 20.2 Å². The highest BCUT2D eigenvalue weighted by molar-refractivity contribution is 7.89. The monoisotopic (exact) mass is 347 g/mol. The summed E-state index contributed by atoms with van der Waals surface area (Å²) >= 11 is 6.02. The van der Waals surface area contributed by atoms with E-state index in [4.69, 9.17) is 21.4 Å².